The predicted molar refractivity (Wildman–Crippen MR) is 159 cm³/mol. The van der Waals surface area contributed by atoms with Crippen molar-refractivity contribution in [2.45, 2.75) is 50.6 Å². The lowest BCUT2D eigenvalue weighted by Crippen LogP contribution is -2.42. The molecule has 1 aromatic heterocycles. The number of hydrogen-bond acceptors (Lipinski definition) is 5. The van der Waals surface area contributed by atoms with Crippen molar-refractivity contribution >= 4 is 34.3 Å². The van der Waals surface area contributed by atoms with Gasteiger partial charge < -0.3 is 25.5 Å². The van der Waals surface area contributed by atoms with Crippen molar-refractivity contribution in [3.8, 4) is 11.5 Å². The molecule has 0 saturated heterocycles. The van der Waals surface area contributed by atoms with Gasteiger partial charge in [0.15, 0.2) is 0 Å². The maximum Gasteiger partial charge on any atom is 0.416 e. The van der Waals surface area contributed by atoms with Crippen molar-refractivity contribution < 1.29 is 14.3 Å². The quantitative estimate of drug-likeness (QED) is 0.162. The van der Waals surface area contributed by atoms with E-state index in [4.69, 9.17) is 26.8 Å². The minimum atomic E-state index is -0.410. The van der Waals surface area contributed by atoms with Crippen LogP contribution in [0.4, 0.5) is 10.5 Å². The molecule has 0 radical (unpaired) electrons. The summed E-state index contributed by atoms with van der Waals surface area (Å²) in [6.07, 6.45) is 6.51. The number of nitrogens with zero attached hydrogens (tertiary/aromatic N) is 1. The number of fused-ring (bicyclic) bond motifs is 3. The largest absolute Gasteiger partial charge is 0.494 e. The van der Waals surface area contributed by atoms with Gasteiger partial charge in [-0.1, -0.05) is 36.6 Å². The molecule has 0 unspecified atom stereocenters. The number of nitrogens with two attached hydrogens (primary N) is 1. The summed E-state index contributed by atoms with van der Waals surface area (Å²) in [6.45, 7) is 2.15. The van der Waals surface area contributed by atoms with Crippen LogP contribution in [0, 0.1) is 0 Å². The average molecular weight is 559 g/mol. The van der Waals surface area contributed by atoms with E-state index in [0.717, 1.165) is 40.9 Å². The summed E-state index contributed by atoms with van der Waals surface area (Å²) < 4.78 is 11.8. The fourth-order valence-corrected chi connectivity index (χ4v) is 6.12. The van der Waals surface area contributed by atoms with E-state index in [0.29, 0.717) is 42.1 Å². The Hall–Kier alpha value is -3.68. The number of H-pyrrole nitrogens is 1. The molecular formula is C32H35ClN4O3. The highest BCUT2D eigenvalue weighted by Gasteiger charge is 2.35. The lowest BCUT2D eigenvalue weighted by atomic mass is 9.92. The number of carbonyl (C=O) groups is 1. The zero-order valence-electron chi connectivity index (χ0n) is 22.5. The molecule has 40 heavy (non-hydrogen) atoms. The molecule has 1 aliphatic heterocycles. The van der Waals surface area contributed by atoms with Gasteiger partial charge in [0.05, 0.1) is 6.61 Å². The Morgan fingerprint density at radius 1 is 1.02 bits per heavy atom. The van der Waals surface area contributed by atoms with Crippen LogP contribution in [0.5, 0.6) is 11.5 Å². The van der Waals surface area contributed by atoms with Crippen molar-refractivity contribution in [2.75, 3.05) is 25.4 Å². The second-order valence-corrected chi connectivity index (χ2v) is 11.1. The maximum atomic E-state index is 13.5. The van der Waals surface area contributed by atoms with Gasteiger partial charge in [-0.3, -0.25) is 4.90 Å². The van der Waals surface area contributed by atoms with Crippen LogP contribution in [0.1, 0.15) is 55.0 Å². The summed E-state index contributed by atoms with van der Waals surface area (Å²) in [6, 6.07) is 21.1. The van der Waals surface area contributed by atoms with E-state index in [1.54, 1.807) is 29.2 Å². The summed E-state index contributed by atoms with van der Waals surface area (Å²) in [5, 5.41) is 5.41. The molecule has 1 saturated carbocycles. The van der Waals surface area contributed by atoms with Gasteiger partial charge >= 0.3 is 6.09 Å². The minimum Gasteiger partial charge on any atom is -0.494 e. The van der Waals surface area contributed by atoms with E-state index in [1.165, 1.54) is 31.2 Å². The Labute approximate surface area is 239 Å². The van der Waals surface area contributed by atoms with Crippen molar-refractivity contribution in [1.29, 1.82) is 0 Å². The van der Waals surface area contributed by atoms with Crippen LogP contribution in [0.25, 0.3) is 10.9 Å². The van der Waals surface area contributed by atoms with Crippen molar-refractivity contribution in [2.24, 2.45) is 0 Å². The Morgan fingerprint density at radius 2 is 1.77 bits per heavy atom. The highest BCUT2D eigenvalue weighted by atomic mass is 35.5. The van der Waals surface area contributed by atoms with Crippen molar-refractivity contribution in [3.63, 3.8) is 0 Å². The van der Waals surface area contributed by atoms with Gasteiger partial charge in [0.1, 0.15) is 17.5 Å². The number of aromatic amines is 1. The van der Waals surface area contributed by atoms with Crippen molar-refractivity contribution in [1.82, 2.24) is 15.2 Å². The molecule has 6 rings (SSSR count). The van der Waals surface area contributed by atoms with Crippen LogP contribution >= 0.6 is 11.6 Å². The number of halogens is 1. The fourth-order valence-electron chi connectivity index (χ4n) is 5.94. The van der Waals surface area contributed by atoms with Gasteiger partial charge in [-0.15, -0.1) is 0 Å². The lowest BCUT2D eigenvalue weighted by molar-refractivity contribution is 0.135. The normalized spacial score (nSPS) is 17.2. The number of hydrogen-bond donors (Lipinski definition) is 3. The summed E-state index contributed by atoms with van der Waals surface area (Å²) in [7, 11) is 0. The number of anilines is 1. The Kier molecular flexibility index (Phi) is 7.84. The zero-order chi connectivity index (χ0) is 27.5. The Balaban J connectivity index is 1.21. The highest BCUT2D eigenvalue weighted by Crippen LogP contribution is 2.40. The third-order valence-electron chi connectivity index (χ3n) is 7.98. The first kappa shape index (κ1) is 26.5. The van der Waals surface area contributed by atoms with Crippen LogP contribution < -0.4 is 20.5 Å². The van der Waals surface area contributed by atoms with Gasteiger partial charge in [0.25, 0.3) is 0 Å². The van der Waals surface area contributed by atoms with Gasteiger partial charge in [0.2, 0.25) is 0 Å². The third-order valence-corrected chi connectivity index (χ3v) is 8.22. The average Bonchev–Trinajstić information content (AvgIpc) is 3.62. The predicted octanol–water partition coefficient (Wildman–Crippen LogP) is 6.85. The second kappa shape index (κ2) is 11.8. The molecule has 2 aliphatic rings. The van der Waals surface area contributed by atoms with Crippen LogP contribution in [-0.4, -0.2) is 41.7 Å². The number of ether oxygens (including phenoxy) is 2. The monoisotopic (exact) mass is 558 g/mol. The first-order chi connectivity index (χ1) is 19.5. The number of nitrogens with one attached hydrogen (secondary N) is 2. The number of aromatic nitrogens is 1. The van der Waals surface area contributed by atoms with E-state index in [1.807, 2.05) is 42.5 Å². The third kappa shape index (κ3) is 5.76. The molecular weight excluding hydrogens is 524 g/mol. The van der Waals surface area contributed by atoms with Crippen LogP contribution in [0.3, 0.4) is 0 Å². The Morgan fingerprint density at radius 3 is 2.55 bits per heavy atom. The summed E-state index contributed by atoms with van der Waals surface area (Å²) in [5.41, 5.74) is 10.5. The first-order valence-electron chi connectivity index (χ1n) is 14.2. The Bertz CT molecular complexity index is 1460. The molecule has 1 atom stereocenters. The maximum absolute atomic E-state index is 13.5. The second-order valence-electron chi connectivity index (χ2n) is 10.7. The number of benzene rings is 3. The zero-order valence-corrected chi connectivity index (χ0v) is 23.3. The molecule has 0 spiro atoms. The lowest BCUT2D eigenvalue weighted by Gasteiger charge is -2.35. The molecule has 208 valence electrons. The standard InChI is InChI=1S/C32H35ClN4O3/c33-22-8-15-29-28(20-22)27-16-18-37(32(38)40-26-13-9-23(34)10-14-26)31(30(27)36-29)21-6-11-25(12-7-21)39-19-3-17-35-24-4-1-2-5-24/h6-15,20,24,31,35-36H,1-5,16-19,34H2/t31-/m0/s1. The fraction of sp³-hybridized carbons (Fsp3) is 0.344. The molecule has 0 bridgehead atoms. The number of amides is 1. The van der Waals surface area contributed by atoms with Gasteiger partial charge in [0, 0.05) is 39.9 Å². The first-order valence-corrected chi connectivity index (χ1v) is 14.5. The molecule has 8 heteroatoms. The SMILES string of the molecule is Nc1ccc(OC(=O)N2CCc3c([nH]c4ccc(Cl)cc34)[C@@H]2c2ccc(OCCCNC3CCCC3)cc2)cc1. The van der Waals surface area contributed by atoms with Gasteiger partial charge in [-0.25, -0.2) is 4.79 Å². The van der Waals surface area contributed by atoms with E-state index in [-0.39, 0.29) is 6.04 Å². The molecule has 4 aromatic rings. The smallest absolute Gasteiger partial charge is 0.416 e. The summed E-state index contributed by atoms with van der Waals surface area (Å²) in [4.78, 5) is 18.8. The number of rotatable bonds is 8. The van der Waals surface area contributed by atoms with Crippen LogP contribution in [0.15, 0.2) is 66.7 Å². The molecule has 1 amide bonds. The number of carbonyl (C=O) groups excluding carboxylic acids is 1. The van der Waals surface area contributed by atoms with Crippen molar-refractivity contribution in [3.05, 3.63) is 88.6 Å². The van der Waals surface area contributed by atoms with Gasteiger partial charge in [-0.05, 0) is 98.0 Å². The molecule has 1 aliphatic carbocycles. The number of nitrogen functional groups attached to an aromatic ring is 1. The molecule has 7 nitrogen and oxygen atoms in total. The molecule has 1 fully saturated rings. The van der Waals surface area contributed by atoms with Crippen LogP contribution in [0.2, 0.25) is 5.02 Å². The van der Waals surface area contributed by atoms with E-state index >= 15 is 0 Å². The van der Waals surface area contributed by atoms with Gasteiger partial charge in [-0.2, -0.15) is 0 Å². The summed E-state index contributed by atoms with van der Waals surface area (Å²) in [5.74, 6) is 1.28. The van der Waals surface area contributed by atoms with E-state index in [9.17, 15) is 4.79 Å². The molecule has 3 aromatic carbocycles. The van der Waals surface area contributed by atoms with Crippen LogP contribution in [-0.2, 0) is 6.42 Å². The van der Waals surface area contributed by atoms with E-state index in [2.05, 4.69) is 10.3 Å². The van der Waals surface area contributed by atoms with E-state index < -0.39 is 6.09 Å². The highest BCUT2D eigenvalue weighted by molar-refractivity contribution is 6.31. The molecule has 4 N–H and O–H groups in total. The molecule has 2 heterocycles. The topological polar surface area (TPSA) is 92.6 Å². The minimum absolute atomic E-state index is 0.346. The summed E-state index contributed by atoms with van der Waals surface area (Å²) >= 11 is 6.34.